The van der Waals surface area contributed by atoms with Crippen molar-refractivity contribution in [1.82, 2.24) is 63.8 Å². The molecule has 0 fully saturated rings. The van der Waals surface area contributed by atoms with Crippen molar-refractivity contribution in [3.05, 3.63) is 144 Å². The second-order valence-corrected chi connectivity index (χ2v) is 29.3. The van der Waals surface area contributed by atoms with Gasteiger partial charge in [0.2, 0.25) is 76.8 Å². The monoisotopic (exact) mass is 1560 g/mol. The lowest BCUT2D eigenvalue weighted by molar-refractivity contribution is -0.138. The van der Waals surface area contributed by atoms with Crippen LogP contribution >= 0.6 is 35.3 Å². The van der Waals surface area contributed by atoms with Crippen molar-refractivity contribution in [2.45, 2.75) is 144 Å². The molecule has 1 unspecified atom stereocenters. The summed E-state index contributed by atoms with van der Waals surface area (Å²) in [6.07, 6.45) is -0.694. The number of carboxylic acids is 1. The Hall–Kier alpha value is -10.8. The van der Waals surface area contributed by atoms with Gasteiger partial charge in [-0.25, -0.2) is 0 Å². The van der Waals surface area contributed by atoms with E-state index in [1.807, 2.05) is 72.8 Å². The van der Waals surface area contributed by atoms with E-state index in [2.05, 4.69) is 63.8 Å². The smallest absolute Gasteiger partial charge is 0.303 e. The molecule has 1 aliphatic heterocycles. The maximum absolute atomic E-state index is 15.1. The van der Waals surface area contributed by atoms with Gasteiger partial charge >= 0.3 is 5.97 Å². The summed E-state index contributed by atoms with van der Waals surface area (Å²) in [4.78, 5) is 193. The van der Waals surface area contributed by atoms with Gasteiger partial charge in [0.15, 0.2) is 5.96 Å². The number of hydrogen-bond acceptors (Lipinski definition) is 19. The largest absolute Gasteiger partial charge is 0.481 e. The molecule has 586 valence electrons. The summed E-state index contributed by atoms with van der Waals surface area (Å²) in [7, 11) is 0. The van der Waals surface area contributed by atoms with E-state index in [9.17, 15) is 63.0 Å². The van der Waals surface area contributed by atoms with E-state index in [4.69, 9.17) is 22.6 Å². The van der Waals surface area contributed by atoms with E-state index >= 15 is 14.4 Å². The Morgan fingerprint density at radius 3 is 1.84 bits per heavy atom. The van der Waals surface area contributed by atoms with Crippen LogP contribution in [0.1, 0.15) is 81.5 Å². The molecular formula is C74H96N16O16S3. The average molecular weight is 1560 g/mol. The van der Waals surface area contributed by atoms with E-state index in [-0.39, 0.29) is 67.4 Å². The van der Waals surface area contributed by atoms with Gasteiger partial charge in [-0.05, 0) is 87.8 Å². The van der Waals surface area contributed by atoms with E-state index in [0.29, 0.717) is 22.3 Å². The minimum absolute atomic E-state index is 0.00767. The number of nitrogens with one attached hydrogen (secondary N) is 13. The zero-order valence-electron chi connectivity index (χ0n) is 60.8. The fraction of sp³-hybridized carbons (Fsp3) is 0.419. The third-order valence-electron chi connectivity index (χ3n) is 17.2. The van der Waals surface area contributed by atoms with Crippen LogP contribution in [0.4, 0.5) is 0 Å². The summed E-state index contributed by atoms with van der Waals surface area (Å²) >= 11 is 3.66. The molecular weight excluding hydrogens is 1470 g/mol. The molecule has 0 radical (unpaired) electrons. The van der Waals surface area contributed by atoms with Crippen molar-refractivity contribution < 1.29 is 77.3 Å². The highest BCUT2D eigenvalue weighted by Gasteiger charge is 2.37. The van der Waals surface area contributed by atoms with Crippen molar-refractivity contribution in [1.29, 1.82) is 5.41 Å². The fourth-order valence-corrected chi connectivity index (χ4v) is 13.9. The number of nitrogens with two attached hydrogens (primary N) is 3. The Balaban J connectivity index is 1.30. The summed E-state index contributed by atoms with van der Waals surface area (Å²) in [6, 6.07) is 21.3. The Bertz CT molecular complexity index is 4050. The van der Waals surface area contributed by atoms with Gasteiger partial charge in [-0.3, -0.25) is 72.5 Å². The third-order valence-corrected chi connectivity index (χ3v) is 20.0. The minimum atomic E-state index is -1.70. The zero-order valence-corrected chi connectivity index (χ0v) is 63.2. The Labute approximate surface area is 643 Å². The molecule has 0 aromatic heterocycles. The van der Waals surface area contributed by atoms with Crippen LogP contribution in [0.2, 0.25) is 0 Å². The topological polar surface area (TPSA) is 526 Å². The summed E-state index contributed by atoms with van der Waals surface area (Å²) in [5, 5.41) is 60.5. The standard InChI is InChI=1S/C74H96N16O16S3/c1-41(2)63(73(106)85-53(27-29-107-4)68(101)87-56(34-60(75)93)65(98)80-35-61(94)82-54(64(76)97)33-44-21-24-48-16-8-9-17-50(48)31-44)90-72(105)59-40-109-38-46-13-10-12-45(30-46)37-108-39-58(89-70(103)57(36-91)81-42(3)92)71(104)84-52(25-26-62(95)96)67(100)86-55(32-43-19-22-49(23-20-43)47-14-6-5-7-15-47)69(102)83-51(66(99)88-59)18-11-28-79-74(77)78/h5-10,12-17,19-24,30-31,41,51-59,63,91H,11,18,25-29,32-40H2,1-4H3,(H2,75,93)(H2,76,97)(H,80,98)(H,81,92)(H,82,94)(H,83,102)(H,84,104)(H,85,106)(H,86,100)(H,87,101)(H,88,99)(H,89,103)(H,90,105)(H,95,96)(H4,77,78,79)/t51-,52-,53?,54-,55-,56-,57-,58-,59-,63-/m0/s1. The molecule has 109 heavy (non-hydrogen) atoms. The maximum atomic E-state index is 15.1. The highest BCUT2D eigenvalue weighted by Crippen LogP contribution is 2.23. The van der Waals surface area contributed by atoms with Crippen LogP contribution in [0.25, 0.3) is 21.9 Å². The highest BCUT2D eigenvalue weighted by atomic mass is 32.2. The average Bonchev–Trinajstić information content (AvgIpc) is 0.836. The van der Waals surface area contributed by atoms with Crippen LogP contribution in [0.3, 0.4) is 0 Å². The van der Waals surface area contributed by atoms with Gasteiger partial charge in [0.05, 0.1) is 19.6 Å². The van der Waals surface area contributed by atoms with E-state index < -0.39 is 187 Å². The first-order valence-corrected chi connectivity index (χ1v) is 38.8. The lowest BCUT2D eigenvalue weighted by atomic mass is 9.99. The molecule has 32 nitrogen and oxygen atoms in total. The van der Waals surface area contributed by atoms with Crippen LogP contribution in [0.15, 0.2) is 121 Å². The fourth-order valence-electron chi connectivity index (χ4n) is 11.4. The molecule has 1 aliphatic rings. The number of benzene rings is 5. The number of hydrogen-bond donors (Lipinski definition) is 18. The maximum Gasteiger partial charge on any atom is 0.303 e. The molecule has 1 heterocycles. The number of carbonyl (C=O) groups excluding carboxylic acids is 13. The molecule has 0 spiro atoms. The molecule has 10 atom stereocenters. The second-order valence-electron chi connectivity index (χ2n) is 26.2. The van der Waals surface area contributed by atoms with Gasteiger partial charge in [-0.15, -0.1) is 0 Å². The first-order valence-electron chi connectivity index (χ1n) is 35.1. The highest BCUT2D eigenvalue weighted by molar-refractivity contribution is 7.99. The van der Waals surface area contributed by atoms with Crippen LogP contribution in [-0.2, 0) is 91.5 Å². The quantitative estimate of drug-likeness (QED) is 0.0141. The number of carbonyl (C=O) groups is 14. The molecule has 0 aliphatic carbocycles. The normalized spacial score (nSPS) is 18.0. The number of guanidine groups is 1. The van der Waals surface area contributed by atoms with Crippen LogP contribution in [-0.4, -0.2) is 203 Å². The molecule has 2 bridgehead atoms. The number of aliphatic hydroxyl groups excluding tert-OH is 1. The van der Waals surface area contributed by atoms with E-state index in [0.717, 1.165) is 28.8 Å². The number of rotatable bonds is 33. The summed E-state index contributed by atoms with van der Waals surface area (Å²) in [6.45, 7) is 2.73. The molecule has 6 rings (SSSR count). The molecule has 5 aromatic rings. The van der Waals surface area contributed by atoms with Gasteiger partial charge < -0.3 is 91.2 Å². The predicted octanol–water partition coefficient (Wildman–Crippen LogP) is -0.654. The predicted molar refractivity (Wildman–Crippen MR) is 414 cm³/mol. The summed E-state index contributed by atoms with van der Waals surface area (Å²) in [5.41, 5.74) is 21.1. The number of aliphatic hydroxyl groups is 1. The Kier molecular flexibility index (Phi) is 35.6. The number of fused-ring (bicyclic) bond motifs is 3. The Morgan fingerprint density at radius 1 is 0.606 bits per heavy atom. The Morgan fingerprint density at radius 2 is 1.21 bits per heavy atom. The second kappa shape index (κ2) is 44.5. The van der Waals surface area contributed by atoms with E-state index in [1.54, 1.807) is 68.6 Å². The SMILES string of the molecule is CSCCC(NC(=O)[C@@H](NC(=O)[C@@H]1CSCc2cccc(c2)CSC[C@H](NC(=O)[C@H](CO)NC(C)=O)C(=O)N[C@@H](CCC(=O)O)C(=O)N[C@@H](Cc2ccc(-c3ccccc3)cc2)C(=O)N[C@@H](CCCNC(=N)N)C(=O)N1)C(C)C)C(=O)N[C@@H](CC(N)=O)C(=O)NCC(=O)N[C@@H](Cc1ccc2ccccc2c1)C(N)=O. The molecule has 13 amide bonds. The molecule has 21 N–H and O–H groups in total. The van der Waals surface area contributed by atoms with Gasteiger partial charge in [-0.2, -0.15) is 35.3 Å². The number of thioether (sulfide) groups is 3. The lowest BCUT2D eigenvalue weighted by Crippen LogP contribution is -2.62. The zero-order chi connectivity index (χ0) is 79.7. The van der Waals surface area contributed by atoms with Crippen molar-refractivity contribution in [3.8, 4) is 11.1 Å². The van der Waals surface area contributed by atoms with Crippen molar-refractivity contribution >= 4 is 135 Å². The number of aliphatic carboxylic acids is 1. The number of carboxylic acid groups (broad SMARTS) is 1. The van der Waals surface area contributed by atoms with Gasteiger partial charge in [0.1, 0.15) is 60.4 Å². The summed E-state index contributed by atoms with van der Waals surface area (Å²) < 4.78 is 0. The summed E-state index contributed by atoms with van der Waals surface area (Å²) in [5.74, 6) is -14.2. The molecule has 35 heteroatoms. The number of primary amides is 2. The van der Waals surface area contributed by atoms with Crippen molar-refractivity contribution in [3.63, 3.8) is 0 Å². The van der Waals surface area contributed by atoms with Crippen LogP contribution in [0.5, 0.6) is 0 Å². The van der Waals surface area contributed by atoms with Crippen molar-refractivity contribution in [2.24, 2.45) is 23.1 Å². The van der Waals surface area contributed by atoms with E-state index in [1.165, 1.54) is 35.3 Å². The third kappa shape index (κ3) is 29.7. The van der Waals surface area contributed by atoms with Gasteiger partial charge in [0.25, 0.3) is 0 Å². The minimum Gasteiger partial charge on any atom is -0.481 e. The van der Waals surface area contributed by atoms with Gasteiger partial charge in [0, 0.05) is 55.7 Å². The first kappa shape index (κ1) is 87.1. The van der Waals surface area contributed by atoms with Crippen LogP contribution < -0.4 is 81.0 Å². The molecule has 0 saturated heterocycles. The molecule has 0 saturated carbocycles. The van der Waals surface area contributed by atoms with Crippen LogP contribution in [0, 0.1) is 11.3 Å². The lowest BCUT2D eigenvalue weighted by Gasteiger charge is -2.29. The first-order chi connectivity index (χ1) is 52.0. The number of amides is 13. The van der Waals surface area contributed by atoms with Crippen molar-refractivity contribution in [2.75, 3.05) is 43.2 Å². The van der Waals surface area contributed by atoms with Gasteiger partial charge in [-0.1, -0.05) is 135 Å². The molecule has 5 aromatic carbocycles.